The number of anilines is 1. The van der Waals surface area contributed by atoms with Gasteiger partial charge in [-0.25, -0.2) is 9.97 Å². The minimum atomic E-state index is -4.23. The molecule has 166 valence electrons. The third-order valence-electron chi connectivity index (χ3n) is 5.45. The average Bonchev–Trinajstić information content (AvgIpc) is 3.20. The molecule has 2 aromatic heterocycles. The van der Waals surface area contributed by atoms with Crippen molar-refractivity contribution in [2.45, 2.75) is 37.5 Å². The van der Waals surface area contributed by atoms with Crippen LogP contribution < -0.4 is 11.1 Å². The topological polar surface area (TPSA) is 67.1 Å². The Morgan fingerprint density at radius 3 is 2.81 bits per heavy atom. The predicted molar refractivity (Wildman–Crippen MR) is 115 cm³/mol. The van der Waals surface area contributed by atoms with Gasteiger partial charge in [-0.15, -0.1) is 0 Å². The molecule has 1 aliphatic heterocycles. The maximum atomic E-state index is 13.4. The molecule has 1 unspecified atom stereocenters. The standard InChI is InChI=1S/C21H23F4N5S/c22-19-8-15-7-13(4-5-14(15)9-27-19)17-11-29-20(31-17)28-10-16(26)12-30-6-2-1-3-18(30)21(23,24)25/h4-5,7-9,11,16,18H,1-3,6,10,12,26H2,(H,28,29)/t16-,18?/m1/s1. The van der Waals surface area contributed by atoms with E-state index in [1.807, 2.05) is 18.2 Å². The second kappa shape index (κ2) is 9.05. The molecule has 0 radical (unpaired) electrons. The lowest BCUT2D eigenvalue weighted by atomic mass is 10.0. The summed E-state index contributed by atoms with van der Waals surface area (Å²) in [7, 11) is 0. The smallest absolute Gasteiger partial charge is 0.360 e. The summed E-state index contributed by atoms with van der Waals surface area (Å²) in [5.74, 6) is -0.535. The molecule has 0 aliphatic carbocycles. The van der Waals surface area contributed by atoms with Crippen molar-refractivity contribution in [3.8, 4) is 10.4 Å². The molecular formula is C21H23F4N5S. The molecule has 5 nitrogen and oxygen atoms in total. The first-order valence-electron chi connectivity index (χ1n) is 10.1. The molecule has 4 rings (SSSR count). The van der Waals surface area contributed by atoms with Crippen LogP contribution in [0.2, 0.25) is 0 Å². The number of nitrogens with zero attached hydrogens (tertiary/aromatic N) is 3. The van der Waals surface area contributed by atoms with Crippen molar-refractivity contribution < 1.29 is 17.6 Å². The van der Waals surface area contributed by atoms with E-state index < -0.39 is 24.2 Å². The van der Waals surface area contributed by atoms with Gasteiger partial charge in [0, 0.05) is 43.0 Å². The predicted octanol–water partition coefficient (Wildman–Crippen LogP) is 4.65. The van der Waals surface area contributed by atoms with Crippen LogP contribution in [-0.2, 0) is 0 Å². The highest BCUT2D eigenvalue weighted by Gasteiger charge is 2.44. The van der Waals surface area contributed by atoms with Crippen molar-refractivity contribution in [3.63, 3.8) is 0 Å². The van der Waals surface area contributed by atoms with Gasteiger partial charge in [0.1, 0.15) is 6.04 Å². The van der Waals surface area contributed by atoms with Gasteiger partial charge in [-0.3, -0.25) is 4.90 Å². The zero-order valence-electron chi connectivity index (χ0n) is 16.7. The number of benzene rings is 1. The zero-order chi connectivity index (χ0) is 22.0. The van der Waals surface area contributed by atoms with Crippen molar-refractivity contribution >= 4 is 27.2 Å². The number of nitrogens with two attached hydrogens (primary N) is 1. The van der Waals surface area contributed by atoms with Crippen LogP contribution in [0.4, 0.5) is 22.7 Å². The summed E-state index contributed by atoms with van der Waals surface area (Å²) < 4.78 is 53.1. The maximum absolute atomic E-state index is 13.4. The third kappa shape index (κ3) is 5.31. The number of aromatic nitrogens is 2. The molecule has 1 aromatic carbocycles. The van der Waals surface area contributed by atoms with Crippen molar-refractivity contribution in [1.29, 1.82) is 0 Å². The number of pyridine rings is 1. The lowest BCUT2D eigenvalue weighted by Crippen LogP contribution is -2.53. The molecule has 3 N–H and O–H groups in total. The van der Waals surface area contributed by atoms with Crippen LogP contribution in [-0.4, -0.2) is 52.8 Å². The maximum Gasteiger partial charge on any atom is 0.404 e. The van der Waals surface area contributed by atoms with Crippen LogP contribution in [0.15, 0.2) is 36.7 Å². The summed E-state index contributed by atoms with van der Waals surface area (Å²) in [6, 6.07) is 5.18. The fraction of sp³-hybridized carbons (Fsp3) is 0.429. The normalized spacial score (nSPS) is 18.9. The quantitative estimate of drug-likeness (QED) is 0.420. The largest absolute Gasteiger partial charge is 0.404 e. The number of halogens is 4. The number of hydrogen-bond acceptors (Lipinski definition) is 6. The zero-order valence-corrected chi connectivity index (χ0v) is 17.5. The molecule has 0 saturated carbocycles. The van der Waals surface area contributed by atoms with Crippen LogP contribution in [0, 0.1) is 5.95 Å². The molecule has 1 fully saturated rings. The number of thiazole rings is 1. The number of rotatable bonds is 6. The van der Waals surface area contributed by atoms with Gasteiger partial charge in [0.05, 0.1) is 4.88 Å². The SMILES string of the molecule is N[C@H](CNc1ncc(-c2ccc3cnc(F)cc3c2)s1)CN1CCCCC1C(F)(F)F. The molecule has 10 heteroatoms. The summed E-state index contributed by atoms with van der Waals surface area (Å²) in [5, 5.41) is 5.35. The first kappa shape index (κ1) is 21.9. The van der Waals surface area contributed by atoms with Gasteiger partial charge in [-0.05, 0) is 36.4 Å². The van der Waals surface area contributed by atoms with Crippen LogP contribution in [0.5, 0.6) is 0 Å². The molecule has 2 atom stereocenters. The van der Waals surface area contributed by atoms with Crippen LogP contribution >= 0.6 is 11.3 Å². The fourth-order valence-electron chi connectivity index (χ4n) is 3.92. The Bertz CT molecular complexity index is 1040. The van der Waals surface area contributed by atoms with Gasteiger partial charge in [-0.1, -0.05) is 29.9 Å². The van der Waals surface area contributed by atoms with E-state index in [0.717, 1.165) is 27.6 Å². The fourth-order valence-corrected chi connectivity index (χ4v) is 4.74. The van der Waals surface area contributed by atoms with Crippen LogP contribution in [0.1, 0.15) is 19.3 Å². The van der Waals surface area contributed by atoms with Crippen molar-refractivity contribution in [3.05, 3.63) is 42.6 Å². The molecule has 1 aliphatic rings. The Balaban J connectivity index is 1.37. The molecular weight excluding hydrogens is 430 g/mol. The Labute approximate surface area is 181 Å². The summed E-state index contributed by atoms with van der Waals surface area (Å²) in [4.78, 5) is 10.3. The Hall–Kier alpha value is -2.30. The second-order valence-corrected chi connectivity index (χ2v) is 8.82. The van der Waals surface area contributed by atoms with Crippen LogP contribution in [0.25, 0.3) is 21.2 Å². The Morgan fingerprint density at radius 1 is 1.16 bits per heavy atom. The first-order valence-corrected chi connectivity index (χ1v) is 10.9. The van der Waals surface area contributed by atoms with E-state index in [4.69, 9.17) is 5.73 Å². The van der Waals surface area contributed by atoms with E-state index in [1.54, 1.807) is 6.20 Å². The summed E-state index contributed by atoms with van der Waals surface area (Å²) >= 11 is 1.41. The summed E-state index contributed by atoms with van der Waals surface area (Å²) in [5.41, 5.74) is 7.01. The van der Waals surface area contributed by atoms with Gasteiger partial charge in [-0.2, -0.15) is 17.6 Å². The van der Waals surface area contributed by atoms with Gasteiger partial charge in [0.25, 0.3) is 0 Å². The van der Waals surface area contributed by atoms with Crippen molar-refractivity contribution in [2.24, 2.45) is 5.73 Å². The van der Waals surface area contributed by atoms with Gasteiger partial charge in [0.2, 0.25) is 5.95 Å². The van der Waals surface area contributed by atoms with E-state index in [2.05, 4.69) is 15.3 Å². The second-order valence-electron chi connectivity index (χ2n) is 7.79. The van der Waals surface area contributed by atoms with E-state index in [0.29, 0.717) is 24.6 Å². The van der Waals surface area contributed by atoms with E-state index in [-0.39, 0.29) is 13.0 Å². The van der Waals surface area contributed by atoms with E-state index in [1.165, 1.54) is 28.5 Å². The molecule has 0 bridgehead atoms. The lowest BCUT2D eigenvalue weighted by Gasteiger charge is -2.38. The molecule has 3 aromatic rings. The van der Waals surface area contributed by atoms with Gasteiger partial charge in [0.15, 0.2) is 5.13 Å². The minimum absolute atomic E-state index is 0.130. The van der Waals surface area contributed by atoms with Crippen LogP contribution in [0.3, 0.4) is 0 Å². The number of fused-ring (bicyclic) bond motifs is 1. The molecule has 3 heterocycles. The number of likely N-dealkylation sites (tertiary alicyclic amines) is 1. The van der Waals surface area contributed by atoms with Gasteiger partial charge < -0.3 is 11.1 Å². The first-order chi connectivity index (χ1) is 14.8. The highest BCUT2D eigenvalue weighted by atomic mass is 32.1. The van der Waals surface area contributed by atoms with Crippen molar-refractivity contribution in [1.82, 2.24) is 14.9 Å². The monoisotopic (exact) mass is 453 g/mol. The minimum Gasteiger partial charge on any atom is -0.360 e. The molecule has 1 saturated heterocycles. The van der Waals surface area contributed by atoms with Crippen molar-refractivity contribution in [2.75, 3.05) is 25.0 Å². The summed E-state index contributed by atoms with van der Waals surface area (Å²) in [6.07, 6.45) is 0.451. The molecule has 0 spiro atoms. The number of piperidine rings is 1. The molecule has 31 heavy (non-hydrogen) atoms. The number of hydrogen-bond donors (Lipinski definition) is 2. The summed E-state index contributed by atoms with van der Waals surface area (Å²) in [6.45, 7) is 0.916. The van der Waals surface area contributed by atoms with E-state index in [9.17, 15) is 17.6 Å². The Kier molecular flexibility index (Phi) is 6.40. The lowest BCUT2D eigenvalue weighted by molar-refractivity contribution is -0.191. The number of alkyl halides is 3. The number of nitrogens with one attached hydrogen (secondary N) is 1. The molecule has 0 amide bonds. The van der Waals surface area contributed by atoms with Gasteiger partial charge >= 0.3 is 6.18 Å². The highest BCUT2D eigenvalue weighted by molar-refractivity contribution is 7.18. The third-order valence-corrected chi connectivity index (χ3v) is 6.46. The average molecular weight is 454 g/mol. The van der Waals surface area contributed by atoms with E-state index >= 15 is 0 Å². The Morgan fingerprint density at radius 2 is 2.00 bits per heavy atom. The highest BCUT2D eigenvalue weighted by Crippen LogP contribution is 2.33.